The van der Waals surface area contributed by atoms with Gasteiger partial charge < -0.3 is 9.64 Å². The number of ether oxygens (including phenoxy) is 1. The van der Waals surface area contributed by atoms with Gasteiger partial charge in [-0.25, -0.2) is 4.39 Å². The topological polar surface area (TPSA) is 29.5 Å². The van der Waals surface area contributed by atoms with E-state index in [1.165, 1.54) is 23.3 Å². The van der Waals surface area contributed by atoms with Crippen LogP contribution in [-0.2, 0) is 13.0 Å². The number of benzene rings is 3. The Balaban J connectivity index is 1.48. The number of rotatable bonds is 4. The summed E-state index contributed by atoms with van der Waals surface area (Å²) in [5.41, 5.74) is 5.75. The van der Waals surface area contributed by atoms with E-state index in [-0.39, 0.29) is 17.8 Å². The highest BCUT2D eigenvalue weighted by Crippen LogP contribution is 2.32. The van der Waals surface area contributed by atoms with Crippen molar-refractivity contribution in [3.05, 3.63) is 94.3 Å². The molecule has 0 fully saturated rings. The molecule has 0 spiro atoms. The maximum Gasteiger partial charge on any atom is 0.258 e. The van der Waals surface area contributed by atoms with Crippen LogP contribution >= 0.6 is 0 Å². The third kappa shape index (κ3) is 4.09. The number of anilines is 1. The molecule has 1 aliphatic heterocycles. The molecule has 30 heavy (non-hydrogen) atoms. The largest absolute Gasteiger partial charge is 0.489 e. The molecule has 0 saturated carbocycles. The molecule has 3 aromatic carbocycles. The fraction of sp³-hybridized carbons (Fsp3) is 0.269. The van der Waals surface area contributed by atoms with Gasteiger partial charge >= 0.3 is 0 Å². The highest BCUT2D eigenvalue weighted by molar-refractivity contribution is 6.07. The Morgan fingerprint density at radius 2 is 1.80 bits per heavy atom. The molecule has 3 nitrogen and oxygen atoms in total. The van der Waals surface area contributed by atoms with Gasteiger partial charge in [-0.15, -0.1) is 0 Å². The van der Waals surface area contributed by atoms with Crippen LogP contribution in [0.3, 0.4) is 0 Å². The number of hydrogen-bond acceptors (Lipinski definition) is 2. The molecule has 1 atom stereocenters. The molecule has 0 bridgehead atoms. The molecule has 4 heteroatoms. The molecule has 154 valence electrons. The molecule has 1 heterocycles. The third-order valence-electron chi connectivity index (χ3n) is 5.88. The lowest BCUT2D eigenvalue weighted by atomic mass is 9.95. The molecule has 1 aliphatic rings. The number of amides is 1. The van der Waals surface area contributed by atoms with E-state index in [2.05, 4.69) is 19.9 Å². The van der Waals surface area contributed by atoms with Crippen LogP contribution in [0.4, 0.5) is 10.1 Å². The fourth-order valence-corrected chi connectivity index (χ4v) is 3.88. The zero-order chi connectivity index (χ0) is 21.3. The molecule has 1 amide bonds. The summed E-state index contributed by atoms with van der Waals surface area (Å²) in [6.07, 6.45) is 1.61. The maximum atomic E-state index is 13.6. The van der Waals surface area contributed by atoms with E-state index in [0.717, 1.165) is 35.4 Å². The van der Waals surface area contributed by atoms with Gasteiger partial charge in [0.25, 0.3) is 5.91 Å². The molecule has 0 aromatic heterocycles. The minimum absolute atomic E-state index is 0.0586. The van der Waals surface area contributed by atoms with Gasteiger partial charge in [0, 0.05) is 17.3 Å². The summed E-state index contributed by atoms with van der Waals surface area (Å²) < 4.78 is 19.5. The zero-order valence-corrected chi connectivity index (χ0v) is 17.6. The van der Waals surface area contributed by atoms with Crippen LogP contribution in [0.2, 0.25) is 0 Å². The number of aryl methyl sites for hydroxylation is 3. The van der Waals surface area contributed by atoms with E-state index in [4.69, 9.17) is 4.74 Å². The number of carbonyl (C=O) groups excluding carboxylic acids is 1. The van der Waals surface area contributed by atoms with E-state index in [1.807, 2.05) is 43.3 Å². The Kier molecular flexibility index (Phi) is 5.58. The Labute approximate surface area is 177 Å². The third-order valence-corrected chi connectivity index (χ3v) is 5.88. The quantitative estimate of drug-likeness (QED) is 0.534. The van der Waals surface area contributed by atoms with Crippen LogP contribution in [0.15, 0.2) is 60.7 Å². The second-order valence-electron chi connectivity index (χ2n) is 8.07. The molecular formula is C26H26FNO2. The second-order valence-corrected chi connectivity index (χ2v) is 8.07. The molecule has 0 N–H and O–H groups in total. The molecule has 0 aliphatic carbocycles. The van der Waals surface area contributed by atoms with E-state index < -0.39 is 0 Å². The number of halogens is 1. The van der Waals surface area contributed by atoms with Gasteiger partial charge in [-0.3, -0.25) is 4.79 Å². The highest BCUT2D eigenvalue weighted by Gasteiger charge is 2.29. The van der Waals surface area contributed by atoms with Crippen LogP contribution < -0.4 is 9.64 Å². The highest BCUT2D eigenvalue weighted by atomic mass is 19.1. The van der Waals surface area contributed by atoms with Crippen molar-refractivity contribution in [1.82, 2.24) is 0 Å². The van der Waals surface area contributed by atoms with E-state index in [1.54, 1.807) is 11.0 Å². The fourth-order valence-electron chi connectivity index (χ4n) is 3.88. The van der Waals surface area contributed by atoms with Gasteiger partial charge in [0.2, 0.25) is 0 Å². The van der Waals surface area contributed by atoms with Gasteiger partial charge in [-0.2, -0.15) is 0 Å². The van der Waals surface area contributed by atoms with Crippen molar-refractivity contribution in [3.8, 4) is 5.75 Å². The van der Waals surface area contributed by atoms with Gasteiger partial charge in [0.1, 0.15) is 18.2 Å². The first-order valence-electron chi connectivity index (χ1n) is 10.3. The summed E-state index contributed by atoms with van der Waals surface area (Å²) in [6, 6.07) is 18.3. The van der Waals surface area contributed by atoms with Crippen molar-refractivity contribution in [3.63, 3.8) is 0 Å². The van der Waals surface area contributed by atoms with Crippen molar-refractivity contribution in [2.24, 2.45) is 0 Å². The average molecular weight is 403 g/mol. The second kappa shape index (κ2) is 8.31. The Hall–Kier alpha value is -3.14. The monoisotopic (exact) mass is 403 g/mol. The zero-order valence-electron chi connectivity index (χ0n) is 17.6. The van der Waals surface area contributed by atoms with Crippen molar-refractivity contribution in [2.45, 2.75) is 46.3 Å². The minimum atomic E-state index is -0.260. The first-order valence-corrected chi connectivity index (χ1v) is 10.3. The number of carbonyl (C=O) groups is 1. The number of nitrogens with zero attached hydrogens (tertiary/aromatic N) is 1. The molecular weight excluding hydrogens is 377 g/mol. The molecule has 0 radical (unpaired) electrons. The molecule has 3 aromatic rings. The standard InChI is InChI=1S/C26H26FNO2/c1-17-4-12-24(14-18(17)2)30-16-20-6-9-21(10-7-20)26(29)28-19(3)5-8-22-15-23(27)11-13-25(22)28/h4,6-7,9-15,19H,5,8,16H2,1-3H3/t19-/m1/s1. The SMILES string of the molecule is Cc1ccc(OCc2ccc(C(=O)N3c4ccc(F)cc4CC[C@H]3C)cc2)cc1C. The van der Waals surface area contributed by atoms with Crippen molar-refractivity contribution in [1.29, 1.82) is 0 Å². The lowest BCUT2D eigenvalue weighted by Crippen LogP contribution is -2.42. The first-order chi connectivity index (χ1) is 14.4. The van der Waals surface area contributed by atoms with Gasteiger partial charge in [-0.1, -0.05) is 18.2 Å². The summed E-state index contributed by atoms with van der Waals surface area (Å²) in [5, 5.41) is 0. The van der Waals surface area contributed by atoms with E-state index >= 15 is 0 Å². The summed E-state index contributed by atoms with van der Waals surface area (Å²) in [5.74, 6) is 0.518. The normalized spacial score (nSPS) is 15.6. The van der Waals surface area contributed by atoms with Crippen molar-refractivity contribution >= 4 is 11.6 Å². The van der Waals surface area contributed by atoms with E-state index in [9.17, 15) is 9.18 Å². The molecule has 4 rings (SSSR count). The molecule has 0 unspecified atom stereocenters. The number of hydrogen-bond donors (Lipinski definition) is 0. The lowest BCUT2D eigenvalue weighted by molar-refractivity contribution is 0.0975. The maximum absolute atomic E-state index is 13.6. The van der Waals surface area contributed by atoms with Crippen LogP contribution in [0.5, 0.6) is 5.75 Å². The Bertz CT molecular complexity index is 1070. The predicted octanol–water partition coefficient (Wildman–Crippen LogP) is 6.00. The van der Waals surface area contributed by atoms with Gasteiger partial charge in [-0.05, 0) is 98.3 Å². The van der Waals surface area contributed by atoms with E-state index in [0.29, 0.717) is 12.2 Å². The average Bonchev–Trinajstić information content (AvgIpc) is 2.74. The summed E-state index contributed by atoms with van der Waals surface area (Å²) in [7, 11) is 0. The minimum Gasteiger partial charge on any atom is -0.489 e. The molecule has 0 saturated heterocycles. The van der Waals surface area contributed by atoms with Gasteiger partial charge in [0.15, 0.2) is 0 Å². The van der Waals surface area contributed by atoms with Crippen LogP contribution in [0, 0.1) is 19.7 Å². The Morgan fingerprint density at radius 1 is 1.03 bits per heavy atom. The Morgan fingerprint density at radius 3 is 2.53 bits per heavy atom. The lowest BCUT2D eigenvalue weighted by Gasteiger charge is -2.35. The van der Waals surface area contributed by atoms with Crippen molar-refractivity contribution in [2.75, 3.05) is 4.90 Å². The van der Waals surface area contributed by atoms with Crippen LogP contribution in [-0.4, -0.2) is 11.9 Å². The predicted molar refractivity (Wildman–Crippen MR) is 118 cm³/mol. The smallest absolute Gasteiger partial charge is 0.258 e. The van der Waals surface area contributed by atoms with Crippen LogP contribution in [0.1, 0.15) is 46.0 Å². The van der Waals surface area contributed by atoms with Gasteiger partial charge in [0.05, 0.1) is 0 Å². The van der Waals surface area contributed by atoms with Crippen LogP contribution in [0.25, 0.3) is 0 Å². The first kappa shape index (κ1) is 20.1. The summed E-state index contributed by atoms with van der Waals surface area (Å²) >= 11 is 0. The summed E-state index contributed by atoms with van der Waals surface area (Å²) in [6.45, 7) is 6.62. The number of fused-ring (bicyclic) bond motifs is 1. The van der Waals surface area contributed by atoms with Crippen molar-refractivity contribution < 1.29 is 13.9 Å². The summed E-state index contributed by atoms with van der Waals surface area (Å²) in [4.78, 5) is 15.0.